The summed E-state index contributed by atoms with van der Waals surface area (Å²) >= 11 is 0. The van der Waals surface area contributed by atoms with E-state index in [0.717, 1.165) is 30.9 Å². The van der Waals surface area contributed by atoms with Crippen LogP contribution in [0.5, 0.6) is 0 Å². The molecule has 17 heavy (non-hydrogen) atoms. The Morgan fingerprint density at radius 3 is 2.88 bits per heavy atom. The number of para-hydroxylation sites is 1. The van der Waals surface area contributed by atoms with Crippen molar-refractivity contribution in [2.24, 2.45) is 0 Å². The maximum absolute atomic E-state index is 11.3. The lowest BCUT2D eigenvalue weighted by atomic mass is 10.1. The van der Waals surface area contributed by atoms with E-state index in [4.69, 9.17) is 0 Å². The van der Waals surface area contributed by atoms with E-state index in [2.05, 4.69) is 24.1 Å². The van der Waals surface area contributed by atoms with Gasteiger partial charge in [0, 0.05) is 19.1 Å². The number of carboxylic acids is 1. The molecule has 0 saturated heterocycles. The number of carbonyl (C=O) groups is 1. The van der Waals surface area contributed by atoms with Gasteiger partial charge in [-0.3, -0.25) is 0 Å². The van der Waals surface area contributed by atoms with Crippen LogP contribution in [0.1, 0.15) is 30.6 Å². The van der Waals surface area contributed by atoms with Gasteiger partial charge in [0.05, 0.1) is 16.9 Å². The van der Waals surface area contributed by atoms with Crippen molar-refractivity contribution in [2.75, 3.05) is 23.3 Å². The van der Waals surface area contributed by atoms with Crippen molar-refractivity contribution < 1.29 is 9.90 Å². The molecule has 2 rings (SSSR count). The van der Waals surface area contributed by atoms with E-state index < -0.39 is 5.97 Å². The average Bonchev–Trinajstić information content (AvgIpc) is 2.50. The fourth-order valence-corrected chi connectivity index (χ4v) is 2.27. The van der Waals surface area contributed by atoms with Gasteiger partial charge in [0.2, 0.25) is 0 Å². The number of rotatable bonds is 2. The fraction of sp³-hybridized carbons (Fsp3) is 0.462. The summed E-state index contributed by atoms with van der Waals surface area (Å²) in [6.45, 7) is 5.96. The Labute approximate surface area is 101 Å². The quantitative estimate of drug-likeness (QED) is 0.825. The maximum Gasteiger partial charge on any atom is 0.337 e. The molecule has 0 spiro atoms. The highest BCUT2D eigenvalue weighted by Crippen LogP contribution is 2.33. The van der Waals surface area contributed by atoms with E-state index in [-0.39, 0.29) is 0 Å². The minimum absolute atomic E-state index is 0.300. The molecule has 0 saturated carbocycles. The fourth-order valence-electron chi connectivity index (χ4n) is 2.27. The van der Waals surface area contributed by atoms with Gasteiger partial charge in [-0.1, -0.05) is 6.07 Å². The minimum atomic E-state index is -0.865. The normalized spacial score (nSPS) is 15.1. The second kappa shape index (κ2) is 4.65. The van der Waals surface area contributed by atoms with Crippen LogP contribution >= 0.6 is 0 Å². The summed E-state index contributed by atoms with van der Waals surface area (Å²) in [7, 11) is 0. The van der Waals surface area contributed by atoms with E-state index in [9.17, 15) is 9.90 Å². The molecular formula is C13H18N2O2. The zero-order chi connectivity index (χ0) is 12.4. The Kier molecular flexibility index (Phi) is 3.22. The summed E-state index contributed by atoms with van der Waals surface area (Å²) < 4.78 is 0. The molecule has 1 heterocycles. The van der Waals surface area contributed by atoms with E-state index in [1.807, 2.05) is 6.07 Å². The second-order valence-corrected chi connectivity index (χ2v) is 4.57. The van der Waals surface area contributed by atoms with Crippen molar-refractivity contribution in [3.05, 3.63) is 23.8 Å². The van der Waals surface area contributed by atoms with Crippen LogP contribution in [0, 0.1) is 0 Å². The van der Waals surface area contributed by atoms with Crippen LogP contribution in [0.15, 0.2) is 18.2 Å². The molecule has 0 bridgehead atoms. The number of nitrogens with one attached hydrogen (secondary N) is 1. The SMILES string of the molecule is CC(C)N1CCCNc2cccc(C(=O)O)c21. The molecule has 0 radical (unpaired) electrons. The number of fused-ring (bicyclic) bond motifs is 1. The lowest BCUT2D eigenvalue weighted by Crippen LogP contribution is -2.32. The van der Waals surface area contributed by atoms with Crippen LogP contribution in [0.25, 0.3) is 0 Å². The molecule has 1 aromatic rings. The molecule has 1 aromatic carbocycles. The summed E-state index contributed by atoms with van der Waals surface area (Å²) in [5.74, 6) is -0.865. The first kappa shape index (κ1) is 11.8. The average molecular weight is 234 g/mol. The zero-order valence-corrected chi connectivity index (χ0v) is 10.2. The number of nitrogens with zero attached hydrogens (tertiary/aromatic N) is 1. The van der Waals surface area contributed by atoms with E-state index in [0.29, 0.717) is 11.6 Å². The summed E-state index contributed by atoms with van der Waals surface area (Å²) in [6, 6.07) is 5.71. The molecule has 1 aliphatic heterocycles. The summed E-state index contributed by atoms with van der Waals surface area (Å²) in [6.07, 6.45) is 1.02. The first-order valence-electron chi connectivity index (χ1n) is 5.98. The molecular weight excluding hydrogens is 216 g/mol. The monoisotopic (exact) mass is 234 g/mol. The molecule has 0 unspecified atom stereocenters. The summed E-state index contributed by atoms with van der Waals surface area (Å²) in [4.78, 5) is 13.5. The van der Waals surface area contributed by atoms with Crippen LogP contribution in [-0.4, -0.2) is 30.2 Å². The molecule has 0 atom stereocenters. The van der Waals surface area contributed by atoms with Crippen molar-refractivity contribution in [3.8, 4) is 0 Å². The highest BCUT2D eigenvalue weighted by Gasteiger charge is 2.23. The predicted octanol–water partition coefficient (Wildman–Crippen LogP) is 2.42. The van der Waals surface area contributed by atoms with Gasteiger partial charge < -0.3 is 15.3 Å². The first-order valence-corrected chi connectivity index (χ1v) is 5.98. The third-order valence-corrected chi connectivity index (χ3v) is 3.07. The van der Waals surface area contributed by atoms with E-state index >= 15 is 0 Å². The topological polar surface area (TPSA) is 52.6 Å². The standard InChI is InChI=1S/C13H18N2O2/c1-9(2)15-8-4-7-14-11-6-3-5-10(12(11)15)13(16)17/h3,5-6,9,14H,4,7-8H2,1-2H3,(H,16,17). The van der Waals surface area contributed by atoms with Crippen molar-refractivity contribution in [2.45, 2.75) is 26.3 Å². The van der Waals surface area contributed by atoms with Crippen LogP contribution in [0.3, 0.4) is 0 Å². The van der Waals surface area contributed by atoms with Gasteiger partial charge in [-0.2, -0.15) is 0 Å². The molecule has 2 N–H and O–H groups in total. The summed E-state index contributed by atoms with van der Waals surface area (Å²) in [5, 5.41) is 12.6. The van der Waals surface area contributed by atoms with Gasteiger partial charge in [0.25, 0.3) is 0 Å². The van der Waals surface area contributed by atoms with Gasteiger partial charge in [-0.25, -0.2) is 4.79 Å². The number of anilines is 2. The molecule has 0 aliphatic carbocycles. The molecule has 0 amide bonds. The van der Waals surface area contributed by atoms with Crippen LogP contribution in [-0.2, 0) is 0 Å². The largest absolute Gasteiger partial charge is 0.478 e. The number of aromatic carboxylic acids is 1. The molecule has 4 nitrogen and oxygen atoms in total. The van der Waals surface area contributed by atoms with Crippen molar-refractivity contribution in [1.29, 1.82) is 0 Å². The second-order valence-electron chi connectivity index (χ2n) is 4.57. The predicted molar refractivity (Wildman–Crippen MR) is 69.0 cm³/mol. The highest BCUT2D eigenvalue weighted by molar-refractivity contribution is 5.98. The Bertz CT molecular complexity index is 429. The van der Waals surface area contributed by atoms with Gasteiger partial charge in [0.15, 0.2) is 0 Å². The first-order chi connectivity index (χ1) is 8.11. The Morgan fingerprint density at radius 2 is 2.24 bits per heavy atom. The molecule has 1 aliphatic rings. The van der Waals surface area contributed by atoms with Gasteiger partial charge in [-0.05, 0) is 32.4 Å². The minimum Gasteiger partial charge on any atom is -0.478 e. The van der Waals surface area contributed by atoms with Crippen LogP contribution in [0.2, 0.25) is 0 Å². The Balaban J connectivity index is 2.56. The third-order valence-electron chi connectivity index (χ3n) is 3.07. The zero-order valence-electron chi connectivity index (χ0n) is 10.2. The smallest absolute Gasteiger partial charge is 0.337 e. The van der Waals surface area contributed by atoms with E-state index in [1.54, 1.807) is 12.1 Å². The Hall–Kier alpha value is -1.71. The molecule has 92 valence electrons. The highest BCUT2D eigenvalue weighted by atomic mass is 16.4. The summed E-state index contributed by atoms with van der Waals surface area (Å²) in [5.41, 5.74) is 2.13. The molecule has 4 heteroatoms. The number of hydrogen-bond donors (Lipinski definition) is 2. The van der Waals surface area contributed by atoms with Gasteiger partial charge in [0.1, 0.15) is 0 Å². The van der Waals surface area contributed by atoms with Crippen molar-refractivity contribution in [3.63, 3.8) is 0 Å². The van der Waals surface area contributed by atoms with Gasteiger partial charge >= 0.3 is 5.97 Å². The van der Waals surface area contributed by atoms with E-state index in [1.165, 1.54) is 0 Å². The van der Waals surface area contributed by atoms with Crippen molar-refractivity contribution >= 4 is 17.3 Å². The van der Waals surface area contributed by atoms with Gasteiger partial charge in [-0.15, -0.1) is 0 Å². The van der Waals surface area contributed by atoms with Crippen LogP contribution < -0.4 is 10.2 Å². The molecule has 0 fully saturated rings. The molecule has 0 aromatic heterocycles. The van der Waals surface area contributed by atoms with Crippen LogP contribution in [0.4, 0.5) is 11.4 Å². The van der Waals surface area contributed by atoms with Crippen molar-refractivity contribution in [1.82, 2.24) is 0 Å². The lowest BCUT2D eigenvalue weighted by molar-refractivity contribution is 0.0697. The number of carboxylic acid groups (broad SMARTS) is 1. The number of hydrogen-bond acceptors (Lipinski definition) is 3. The maximum atomic E-state index is 11.3. The third kappa shape index (κ3) is 2.20. The Morgan fingerprint density at radius 1 is 1.47 bits per heavy atom. The lowest BCUT2D eigenvalue weighted by Gasteiger charge is -2.29. The number of benzene rings is 1.